The van der Waals surface area contributed by atoms with Crippen LogP contribution >= 0.6 is 11.3 Å². The van der Waals surface area contributed by atoms with Gasteiger partial charge in [0.1, 0.15) is 0 Å². The van der Waals surface area contributed by atoms with Gasteiger partial charge < -0.3 is 14.7 Å². The van der Waals surface area contributed by atoms with Gasteiger partial charge in [0.25, 0.3) is 11.5 Å². The summed E-state index contributed by atoms with van der Waals surface area (Å²) in [5.74, 6) is -1.67. The van der Waals surface area contributed by atoms with E-state index in [9.17, 15) is 23.5 Å². The summed E-state index contributed by atoms with van der Waals surface area (Å²) in [7, 11) is 2.94. The molecule has 0 saturated carbocycles. The molecule has 0 aliphatic rings. The van der Waals surface area contributed by atoms with Crippen molar-refractivity contribution in [1.29, 1.82) is 0 Å². The zero-order valence-electron chi connectivity index (χ0n) is 18.4. The number of phenols is 1. The molecule has 0 unspecified atom stereocenters. The zero-order valence-corrected chi connectivity index (χ0v) is 19.2. The molecule has 2 aromatic carbocycles. The Morgan fingerprint density at radius 2 is 2.03 bits per heavy atom. The van der Waals surface area contributed by atoms with Gasteiger partial charge in [-0.1, -0.05) is 23.5 Å². The first-order valence-electron chi connectivity index (χ1n) is 10.3. The third kappa shape index (κ3) is 4.49. The molecule has 0 radical (unpaired) electrons. The first-order valence-corrected chi connectivity index (χ1v) is 11.2. The third-order valence-corrected chi connectivity index (χ3v) is 6.26. The number of nitrogens with zero attached hydrogens (tertiary/aromatic N) is 3. The zero-order chi connectivity index (χ0) is 24.4. The number of imidazole rings is 1. The van der Waals surface area contributed by atoms with Gasteiger partial charge in [-0.15, -0.1) is 0 Å². The molecule has 10 heteroatoms. The number of thiazole rings is 1. The van der Waals surface area contributed by atoms with Crippen LogP contribution in [0.1, 0.15) is 22.3 Å². The van der Waals surface area contributed by atoms with E-state index in [1.54, 1.807) is 37.5 Å². The van der Waals surface area contributed by atoms with Crippen LogP contribution in [-0.2, 0) is 0 Å². The predicted octanol–water partition coefficient (Wildman–Crippen LogP) is 3.26. The average molecular weight is 486 g/mol. The number of rotatable bonds is 7. The summed E-state index contributed by atoms with van der Waals surface area (Å²) in [6.07, 6.45) is 3.40. The van der Waals surface area contributed by atoms with E-state index < -0.39 is 18.2 Å². The van der Waals surface area contributed by atoms with Crippen molar-refractivity contribution in [3.05, 3.63) is 74.4 Å². The summed E-state index contributed by atoms with van der Waals surface area (Å²) in [5.41, 5.74) is 1.83. The molecule has 34 heavy (non-hydrogen) atoms. The Kier molecular flexibility index (Phi) is 6.60. The lowest BCUT2D eigenvalue weighted by Gasteiger charge is -2.16. The fourth-order valence-corrected chi connectivity index (χ4v) is 4.41. The van der Waals surface area contributed by atoms with Crippen molar-refractivity contribution in [3.8, 4) is 22.8 Å². The summed E-state index contributed by atoms with van der Waals surface area (Å²) >= 11 is 1.14. The predicted molar refractivity (Wildman–Crippen MR) is 126 cm³/mol. The number of hydrogen-bond acceptors (Lipinski definition) is 6. The maximum Gasteiger partial charge on any atom is 0.274 e. The quantitative estimate of drug-likeness (QED) is 0.435. The Morgan fingerprint density at radius 3 is 2.68 bits per heavy atom. The van der Waals surface area contributed by atoms with E-state index in [0.29, 0.717) is 32.9 Å². The van der Waals surface area contributed by atoms with Crippen LogP contribution in [0.15, 0.2) is 47.4 Å². The molecule has 1 amide bonds. The van der Waals surface area contributed by atoms with Crippen molar-refractivity contribution in [2.45, 2.75) is 6.42 Å². The average Bonchev–Trinajstić information content (AvgIpc) is 3.38. The lowest BCUT2D eigenvalue weighted by Crippen LogP contribution is -2.27. The van der Waals surface area contributed by atoms with Crippen LogP contribution in [0.25, 0.3) is 22.3 Å². The Bertz CT molecular complexity index is 1460. The Labute approximate surface area is 197 Å². The summed E-state index contributed by atoms with van der Waals surface area (Å²) in [4.78, 5) is 31.7. The molecule has 0 aliphatic heterocycles. The van der Waals surface area contributed by atoms with Gasteiger partial charge in [0.15, 0.2) is 22.3 Å². The molecule has 176 valence electrons. The summed E-state index contributed by atoms with van der Waals surface area (Å²) in [5, 5.41) is 9.65. The number of aromatic nitrogens is 2. The largest absolute Gasteiger partial charge is 0.502 e. The van der Waals surface area contributed by atoms with Gasteiger partial charge in [-0.2, -0.15) is 0 Å². The molecule has 2 heterocycles. The number of hydrogen-bond donors (Lipinski definition) is 1. The number of alkyl halides is 1. The summed E-state index contributed by atoms with van der Waals surface area (Å²) in [6, 6.07) is 9.37. The number of carbonyl (C=O) groups is 1. The molecule has 0 fully saturated rings. The molecular weight excluding hydrogens is 464 g/mol. The number of benzene rings is 2. The second-order valence-corrected chi connectivity index (χ2v) is 8.60. The van der Waals surface area contributed by atoms with Gasteiger partial charge in [-0.05, 0) is 42.3 Å². The number of phenolic OH excluding ortho intramolecular Hbond substituents is 1. The Morgan fingerprint density at radius 1 is 1.29 bits per heavy atom. The minimum Gasteiger partial charge on any atom is -0.502 e. The molecule has 4 aromatic rings. The highest BCUT2D eigenvalue weighted by molar-refractivity contribution is 7.15. The van der Waals surface area contributed by atoms with Gasteiger partial charge in [0, 0.05) is 30.9 Å². The Balaban J connectivity index is 1.62. The minimum atomic E-state index is -0.850. The number of methoxy groups -OCH3 is 1. The van der Waals surface area contributed by atoms with E-state index in [0.717, 1.165) is 23.0 Å². The van der Waals surface area contributed by atoms with E-state index in [1.807, 2.05) is 0 Å². The lowest BCUT2D eigenvalue weighted by atomic mass is 10.1. The smallest absolute Gasteiger partial charge is 0.274 e. The van der Waals surface area contributed by atoms with Crippen LogP contribution in [0.2, 0.25) is 0 Å². The number of carbonyl (C=O) groups excluding carboxylic acids is 1. The molecule has 0 spiro atoms. The number of aromatic hydroxyl groups is 1. The van der Waals surface area contributed by atoms with Crippen LogP contribution in [0.3, 0.4) is 0 Å². The maximum atomic E-state index is 13.9. The van der Waals surface area contributed by atoms with Crippen LogP contribution in [0.4, 0.5) is 8.78 Å². The molecule has 0 bridgehead atoms. The van der Waals surface area contributed by atoms with Crippen molar-refractivity contribution in [1.82, 2.24) is 14.3 Å². The summed E-state index contributed by atoms with van der Waals surface area (Å²) in [6.45, 7) is -0.140. The number of ether oxygens (including phenoxy) is 1. The molecule has 2 aromatic heterocycles. The number of halogens is 2. The third-order valence-electron chi connectivity index (χ3n) is 5.27. The van der Waals surface area contributed by atoms with E-state index in [-0.39, 0.29) is 23.6 Å². The standard InChI is InChI=1S/C24H21F2N3O4S/c1-28(9-3-8-25)22(31)16-6-4-15(5-7-16)18-13-29-23(32)20(34-24(29)27-18)12-14-10-17(26)21(30)19(11-14)33-2/h4-7,10-13,30H,3,8-9H2,1-2H3/b20-12-. The van der Waals surface area contributed by atoms with Gasteiger partial charge in [-0.25, -0.2) is 9.37 Å². The second-order valence-electron chi connectivity index (χ2n) is 7.59. The first-order chi connectivity index (χ1) is 16.3. The number of amides is 1. The van der Waals surface area contributed by atoms with Crippen molar-refractivity contribution in [3.63, 3.8) is 0 Å². The van der Waals surface area contributed by atoms with E-state index in [2.05, 4.69) is 4.98 Å². The van der Waals surface area contributed by atoms with Crippen molar-refractivity contribution in [2.24, 2.45) is 0 Å². The fourth-order valence-electron chi connectivity index (χ4n) is 3.46. The van der Waals surface area contributed by atoms with E-state index in [1.165, 1.54) is 28.6 Å². The van der Waals surface area contributed by atoms with Crippen LogP contribution in [0, 0.1) is 5.82 Å². The van der Waals surface area contributed by atoms with Crippen molar-refractivity contribution in [2.75, 3.05) is 27.4 Å². The lowest BCUT2D eigenvalue weighted by molar-refractivity contribution is 0.0791. The molecule has 0 saturated heterocycles. The molecule has 4 rings (SSSR count). The molecule has 0 atom stereocenters. The molecular formula is C24H21F2N3O4S. The highest BCUT2D eigenvalue weighted by atomic mass is 32.1. The van der Waals surface area contributed by atoms with Crippen LogP contribution < -0.4 is 14.8 Å². The van der Waals surface area contributed by atoms with Gasteiger partial charge in [0.05, 0.1) is 24.0 Å². The molecule has 0 aliphatic carbocycles. The fraction of sp³-hybridized carbons (Fsp3) is 0.208. The molecule has 7 nitrogen and oxygen atoms in total. The highest BCUT2D eigenvalue weighted by Gasteiger charge is 2.14. The number of fused-ring (bicyclic) bond motifs is 1. The summed E-state index contributed by atoms with van der Waals surface area (Å²) < 4.78 is 33.0. The van der Waals surface area contributed by atoms with Gasteiger partial charge in [0.2, 0.25) is 0 Å². The second kappa shape index (κ2) is 9.60. The van der Waals surface area contributed by atoms with Crippen LogP contribution in [-0.4, -0.2) is 52.7 Å². The van der Waals surface area contributed by atoms with Crippen molar-refractivity contribution >= 4 is 28.3 Å². The first kappa shape index (κ1) is 23.4. The maximum absolute atomic E-state index is 13.9. The topological polar surface area (TPSA) is 84.1 Å². The molecule has 1 N–H and O–H groups in total. The van der Waals surface area contributed by atoms with Gasteiger partial charge >= 0.3 is 0 Å². The van der Waals surface area contributed by atoms with Gasteiger partial charge in [-0.3, -0.25) is 18.4 Å². The Hall–Kier alpha value is -3.79. The highest BCUT2D eigenvalue weighted by Crippen LogP contribution is 2.30. The van der Waals surface area contributed by atoms with Crippen molar-refractivity contribution < 1.29 is 23.4 Å². The SMILES string of the molecule is COc1cc(/C=c2\sc3nc(-c4ccc(C(=O)N(C)CCCF)cc4)cn3c2=O)cc(F)c1O. The monoisotopic (exact) mass is 485 g/mol. The van der Waals surface area contributed by atoms with Crippen LogP contribution in [0.5, 0.6) is 11.5 Å². The normalized spacial score (nSPS) is 11.8. The minimum absolute atomic E-state index is 0.0298. The van der Waals surface area contributed by atoms with E-state index >= 15 is 0 Å². The van der Waals surface area contributed by atoms with E-state index in [4.69, 9.17) is 4.74 Å².